The molecule has 0 aromatic carbocycles. The van der Waals surface area contributed by atoms with Crippen LogP contribution in [0.3, 0.4) is 0 Å². The van der Waals surface area contributed by atoms with Crippen molar-refractivity contribution in [1.29, 1.82) is 0 Å². The highest BCUT2D eigenvalue weighted by Gasteiger charge is 2.27. The Morgan fingerprint density at radius 1 is 1.11 bits per heavy atom. The fourth-order valence-electron chi connectivity index (χ4n) is 3.39. The Hall–Kier alpha value is -0.840. The highest BCUT2D eigenvalue weighted by Crippen LogP contribution is 2.22. The van der Waals surface area contributed by atoms with Crippen LogP contribution in [0.4, 0.5) is 0 Å². The van der Waals surface area contributed by atoms with Gasteiger partial charge in [-0.1, -0.05) is 0 Å². The number of piperidine rings is 1. The molecule has 4 heteroatoms. The van der Waals surface area contributed by atoms with Crippen molar-refractivity contribution in [3.63, 3.8) is 0 Å². The van der Waals surface area contributed by atoms with Crippen LogP contribution in [0.15, 0.2) is 16.5 Å². The van der Waals surface area contributed by atoms with Gasteiger partial charge in [-0.25, -0.2) is 0 Å². The second kappa shape index (κ2) is 6.07. The Morgan fingerprint density at radius 2 is 1.89 bits per heavy atom. The standard InChI is InChI=1S/C15H24N2O2/c18-12-15-6-5-14(19-15)11-16-7-3-4-13(10-16)17-8-1-2-9-17/h5-6,13,18H,1-4,7-12H2. The van der Waals surface area contributed by atoms with Gasteiger partial charge in [-0.15, -0.1) is 0 Å². The van der Waals surface area contributed by atoms with Gasteiger partial charge in [-0.05, 0) is 57.5 Å². The van der Waals surface area contributed by atoms with Crippen LogP contribution in [0, 0.1) is 0 Å². The molecule has 2 aliphatic rings. The summed E-state index contributed by atoms with van der Waals surface area (Å²) in [7, 11) is 0. The minimum atomic E-state index is -0.00357. The third-order valence-electron chi connectivity index (χ3n) is 4.39. The van der Waals surface area contributed by atoms with Gasteiger partial charge in [0.05, 0.1) is 6.54 Å². The number of hydrogen-bond donors (Lipinski definition) is 1. The Bertz CT molecular complexity index is 399. The number of likely N-dealkylation sites (tertiary alicyclic amines) is 2. The molecule has 1 N–H and O–H groups in total. The summed E-state index contributed by atoms with van der Waals surface area (Å²) >= 11 is 0. The van der Waals surface area contributed by atoms with E-state index in [9.17, 15) is 0 Å². The third kappa shape index (κ3) is 3.19. The first-order valence-corrected chi connectivity index (χ1v) is 7.50. The summed E-state index contributed by atoms with van der Waals surface area (Å²) in [6.45, 7) is 5.78. The summed E-state index contributed by atoms with van der Waals surface area (Å²) in [6, 6.07) is 4.60. The van der Waals surface area contributed by atoms with E-state index in [1.807, 2.05) is 12.1 Å². The molecule has 2 saturated heterocycles. The highest BCUT2D eigenvalue weighted by atomic mass is 16.4. The molecule has 1 aromatic rings. The Morgan fingerprint density at radius 3 is 2.63 bits per heavy atom. The molecule has 3 rings (SSSR count). The summed E-state index contributed by atoms with van der Waals surface area (Å²) in [4.78, 5) is 5.15. The van der Waals surface area contributed by atoms with Gasteiger partial charge < -0.3 is 9.52 Å². The van der Waals surface area contributed by atoms with Crippen molar-refractivity contribution in [1.82, 2.24) is 9.80 Å². The van der Waals surface area contributed by atoms with Crippen molar-refractivity contribution >= 4 is 0 Å². The molecule has 0 spiro atoms. The van der Waals surface area contributed by atoms with E-state index in [0.717, 1.165) is 24.9 Å². The molecule has 0 bridgehead atoms. The molecule has 3 heterocycles. The van der Waals surface area contributed by atoms with Crippen molar-refractivity contribution in [2.24, 2.45) is 0 Å². The van der Waals surface area contributed by atoms with Crippen LogP contribution in [0.1, 0.15) is 37.2 Å². The number of furan rings is 1. The van der Waals surface area contributed by atoms with Crippen LogP contribution >= 0.6 is 0 Å². The molecule has 0 aliphatic carbocycles. The second-order valence-electron chi connectivity index (χ2n) is 5.80. The molecular weight excluding hydrogens is 240 g/mol. The molecule has 0 amide bonds. The van der Waals surface area contributed by atoms with Crippen molar-refractivity contribution in [3.05, 3.63) is 23.7 Å². The molecule has 106 valence electrons. The van der Waals surface area contributed by atoms with Gasteiger partial charge in [-0.2, -0.15) is 0 Å². The second-order valence-corrected chi connectivity index (χ2v) is 5.80. The summed E-state index contributed by atoms with van der Waals surface area (Å²) in [6.07, 6.45) is 5.37. The van der Waals surface area contributed by atoms with E-state index in [4.69, 9.17) is 9.52 Å². The normalized spacial score (nSPS) is 26.1. The largest absolute Gasteiger partial charge is 0.462 e. The van der Waals surface area contributed by atoms with E-state index in [1.54, 1.807) is 0 Å². The molecule has 19 heavy (non-hydrogen) atoms. The van der Waals surface area contributed by atoms with Gasteiger partial charge in [0.1, 0.15) is 18.1 Å². The van der Waals surface area contributed by atoms with Crippen LogP contribution in [0.5, 0.6) is 0 Å². The zero-order valence-corrected chi connectivity index (χ0v) is 11.6. The van der Waals surface area contributed by atoms with E-state index in [1.165, 1.54) is 45.3 Å². The molecule has 4 nitrogen and oxygen atoms in total. The Labute approximate surface area is 115 Å². The first-order chi connectivity index (χ1) is 9.35. The molecule has 2 aliphatic heterocycles. The lowest BCUT2D eigenvalue weighted by Crippen LogP contribution is -2.46. The fourth-order valence-corrected chi connectivity index (χ4v) is 3.39. The van der Waals surface area contributed by atoms with Gasteiger partial charge >= 0.3 is 0 Å². The van der Waals surface area contributed by atoms with E-state index in [0.29, 0.717) is 5.76 Å². The third-order valence-corrected chi connectivity index (χ3v) is 4.39. The average molecular weight is 264 g/mol. The minimum absolute atomic E-state index is 0.00357. The van der Waals surface area contributed by atoms with Crippen LogP contribution in [0.2, 0.25) is 0 Å². The van der Waals surface area contributed by atoms with Crippen molar-refractivity contribution in [3.8, 4) is 0 Å². The topological polar surface area (TPSA) is 39.9 Å². The van der Waals surface area contributed by atoms with Crippen LogP contribution in [0.25, 0.3) is 0 Å². The summed E-state index contributed by atoms with van der Waals surface area (Å²) in [5, 5.41) is 9.03. The quantitative estimate of drug-likeness (QED) is 0.900. The van der Waals surface area contributed by atoms with Gasteiger partial charge in [-0.3, -0.25) is 9.80 Å². The number of nitrogens with zero attached hydrogens (tertiary/aromatic N) is 2. The molecular formula is C15H24N2O2. The molecule has 1 aromatic heterocycles. The maximum atomic E-state index is 9.03. The highest BCUT2D eigenvalue weighted by molar-refractivity contribution is 5.06. The Balaban J connectivity index is 1.55. The number of rotatable bonds is 4. The van der Waals surface area contributed by atoms with Gasteiger partial charge in [0.15, 0.2) is 0 Å². The van der Waals surface area contributed by atoms with E-state index in [2.05, 4.69) is 9.80 Å². The van der Waals surface area contributed by atoms with Crippen LogP contribution in [-0.2, 0) is 13.2 Å². The average Bonchev–Trinajstić information content (AvgIpc) is 3.10. The summed E-state index contributed by atoms with van der Waals surface area (Å²) in [5.41, 5.74) is 0. The lowest BCUT2D eigenvalue weighted by Gasteiger charge is -2.37. The maximum Gasteiger partial charge on any atom is 0.129 e. The smallest absolute Gasteiger partial charge is 0.129 e. The predicted molar refractivity (Wildman–Crippen MR) is 73.7 cm³/mol. The maximum absolute atomic E-state index is 9.03. The van der Waals surface area contributed by atoms with Crippen molar-refractivity contribution in [2.75, 3.05) is 26.2 Å². The number of aliphatic hydroxyl groups excluding tert-OH is 1. The first-order valence-electron chi connectivity index (χ1n) is 7.50. The fraction of sp³-hybridized carbons (Fsp3) is 0.733. The van der Waals surface area contributed by atoms with Crippen molar-refractivity contribution in [2.45, 2.75) is 44.9 Å². The molecule has 1 unspecified atom stereocenters. The molecule has 1 atom stereocenters. The SMILES string of the molecule is OCc1ccc(CN2CCCC(N3CCCC3)C2)o1. The van der Waals surface area contributed by atoms with Crippen LogP contribution in [-0.4, -0.2) is 47.1 Å². The Kier molecular flexibility index (Phi) is 4.21. The van der Waals surface area contributed by atoms with Crippen LogP contribution < -0.4 is 0 Å². The number of aliphatic hydroxyl groups is 1. The van der Waals surface area contributed by atoms with Gasteiger partial charge in [0.2, 0.25) is 0 Å². The lowest BCUT2D eigenvalue weighted by molar-refractivity contribution is 0.104. The van der Waals surface area contributed by atoms with E-state index < -0.39 is 0 Å². The van der Waals surface area contributed by atoms with Crippen molar-refractivity contribution < 1.29 is 9.52 Å². The zero-order valence-electron chi connectivity index (χ0n) is 11.6. The minimum Gasteiger partial charge on any atom is -0.462 e. The monoisotopic (exact) mass is 264 g/mol. The number of hydrogen-bond acceptors (Lipinski definition) is 4. The molecule has 0 saturated carbocycles. The molecule has 2 fully saturated rings. The summed E-state index contributed by atoms with van der Waals surface area (Å²) in [5.74, 6) is 1.65. The lowest BCUT2D eigenvalue weighted by atomic mass is 10.0. The van der Waals surface area contributed by atoms with Gasteiger partial charge in [0.25, 0.3) is 0 Å². The van der Waals surface area contributed by atoms with Gasteiger partial charge in [0, 0.05) is 12.6 Å². The zero-order chi connectivity index (χ0) is 13.1. The summed E-state index contributed by atoms with van der Waals surface area (Å²) < 4.78 is 5.59. The van der Waals surface area contributed by atoms with E-state index in [-0.39, 0.29) is 6.61 Å². The first kappa shape index (κ1) is 13.2. The molecule has 0 radical (unpaired) electrons. The predicted octanol–water partition coefficient (Wildman–Crippen LogP) is 1.83. The van der Waals surface area contributed by atoms with E-state index >= 15 is 0 Å².